The van der Waals surface area contributed by atoms with Gasteiger partial charge in [0.25, 0.3) is 11.5 Å². The van der Waals surface area contributed by atoms with E-state index in [9.17, 15) is 9.59 Å². The molecule has 0 saturated carbocycles. The minimum Gasteiger partial charge on any atom is -0.306 e. The molecule has 8 nitrogen and oxygen atoms in total. The molecule has 2 heterocycles. The molecule has 0 aliphatic rings. The molecule has 0 saturated heterocycles. The number of amides is 1. The van der Waals surface area contributed by atoms with Gasteiger partial charge in [-0.2, -0.15) is 15.0 Å². The Morgan fingerprint density at radius 2 is 1.92 bits per heavy atom. The second-order valence-electron chi connectivity index (χ2n) is 5.44. The molecular formula is C17H14N6O2. The quantitative estimate of drug-likeness (QED) is 0.756. The summed E-state index contributed by atoms with van der Waals surface area (Å²) >= 11 is 0. The summed E-state index contributed by atoms with van der Waals surface area (Å²) < 4.78 is 1.37. The number of carbonyl (C=O) groups excluding carboxylic acids is 1. The molecule has 0 atom stereocenters. The first-order valence-electron chi connectivity index (χ1n) is 7.43. The summed E-state index contributed by atoms with van der Waals surface area (Å²) in [6.45, 7) is 3.46. The van der Waals surface area contributed by atoms with Gasteiger partial charge in [0.2, 0.25) is 5.95 Å². The first-order valence-corrected chi connectivity index (χ1v) is 7.43. The molecule has 0 spiro atoms. The van der Waals surface area contributed by atoms with Crippen LogP contribution in [-0.4, -0.2) is 25.7 Å². The SMILES string of the molecule is Cc1cc(=O)[nH]c(-n2nc(C)cc2NC(=O)c2ccc(C#N)cc2)n1. The minimum absolute atomic E-state index is 0.216. The van der Waals surface area contributed by atoms with Crippen molar-refractivity contribution in [2.24, 2.45) is 0 Å². The summed E-state index contributed by atoms with van der Waals surface area (Å²) in [7, 11) is 0. The van der Waals surface area contributed by atoms with Gasteiger partial charge in [-0.15, -0.1) is 0 Å². The largest absolute Gasteiger partial charge is 0.306 e. The van der Waals surface area contributed by atoms with Crippen LogP contribution in [0.25, 0.3) is 5.95 Å². The molecule has 3 rings (SSSR count). The third kappa shape index (κ3) is 3.45. The number of nitrogens with zero attached hydrogens (tertiary/aromatic N) is 4. The van der Waals surface area contributed by atoms with E-state index < -0.39 is 0 Å². The number of aromatic nitrogens is 4. The molecule has 2 N–H and O–H groups in total. The van der Waals surface area contributed by atoms with Crippen molar-refractivity contribution in [3.8, 4) is 12.0 Å². The molecule has 0 radical (unpaired) electrons. The molecule has 25 heavy (non-hydrogen) atoms. The van der Waals surface area contributed by atoms with Gasteiger partial charge in [-0.05, 0) is 38.1 Å². The zero-order valence-corrected chi connectivity index (χ0v) is 13.6. The summed E-state index contributed by atoms with van der Waals surface area (Å²) in [4.78, 5) is 30.9. The zero-order valence-electron chi connectivity index (χ0n) is 13.6. The van der Waals surface area contributed by atoms with Crippen molar-refractivity contribution in [3.05, 3.63) is 69.3 Å². The highest BCUT2D eigenvalue weighted by Crippen LogP contribution is 2.15. The highest BCUT2D eigenvalue weighted by Gasteiger charge is 2.14. The molecule has 2 aromatic heterocycles. The molecule has 8 heteroatoms. The lowest BCUT2D eigenvalue weighted by atomic mass is 10.1. The fourth-order valence-corrected chi connectivity index (χ4v) is 2.30. The molecule has 0 aliphatic heterocycles. The van der Waals surface area contributed by atoms with Crippen LogP contribution in [0, 0.1) is 25.2 Å². The number of hydrogen-bond donors (Lipinski definition) is 2. The number of rotatable bonds is 3. The smallest absolute Gasteiger partial charge is 0.256 e. The van der Waals surface area contributed by atoms with E-state index in [0.29, 0.717) is 28.3 Å². The number of anilines is 1. The molecule has 0 unspecified atom stereocenters. The Morgan fingerprint density at radius 3 is 2.56 bits per heavy atom. The Kier molecular flexibility index (Phi) is 4.14. The summed E-state index contributed by atoms with van der Waals surface area (Å²) in [5, 5.41) is 15.8. The van der Waals surface area contributed by atoms with E-state index in [1.54, 1.807) is 44.2 Å². The maximum Gasteiger partial charge on any atom is 0.256 e. The van der Waals surface area contributed by atoms with Crippen LogP contribution in [0.2, 0.25) is 0 Å². The Bertz CT molecular complexity index is 1040. The summed E-state index contributed by atoms with van der Waals surface area (Å²) in [5.74, 6) is 0.231. The van der Waals surface area contributed by atoms with E-state index in [1.165, 1.54) is 10.7 Å². The molecular weight excluding hydrogens is 320 g/mol. The van der Waals surface area contributed by atoms with E-state index in [-0.39, 0.29) is 17.4 Å². The van der Waals surface area contributed by atoms with Crippen LogP contribution < -0.4 is 10.9 Å². The van der Waals surface area contributed by atoms with E-state index >= 15 is 0 Å². The Labute approximate surface area is 142 Å². The van der Waals surface area contributed by atoms with Crippen molar-refractivity contribution in [1.82, 2.24) is 19.7 Å². The van der Waals surface area contributed by atoms with Gasteiger partial charge in [0.15, 0.2) is 0 Å². The molecule has 0 aliphatic carbocycles. The van der Waals surface area contributed by atoms with Crippen LogP contribution >= 0.6 is 0 Å². The fourth-order valence-electron chi connectivity index (χ4n) is 2.30. The van der Waals surface area contributed by atoms with Crippen LogP contribution in [0.4, 0.5) is 5.82 Å². The average Bonchev–Trinajstić information content (AvgIpc) is 2.94. The first kappa shape index (κ1) is 16.1. The van der Waals surface area contributed by atoms with Crippen LogP contribution in [0.3, 0.4) is 0 Å². The first-order chi connectivity index (χ1) is 12.0. The minimum atomic E-state index is -0.361. The number of aromatic amines is 1. The second kappa shape index (κ2) is 6.41. The number of nitriles is 1. The maximum atomic E-state index is 12.4. The number of aryl methyl sites for hydroxylation is 2. The van der Waals surface area contributed by atoms with Crippen LogP contribution in [0.5, 0.6) is 0 Å². The predicted molar refractivity (Wildman–Crippen MR) is 90.6 cm³/mol. The Balaban J connectivity index is 1.94. The van der Waals surface area contributed by atoms with Crippen LogP contribution in [0.1, 0.15) is 27.3 Å². The number of H-pyrrole nitrogens is 1. The molecule has 0 fully saturated rings. The van der Waals surface area contributed by atoms with Gasteiger partial charge in [0, 0.05) is 23.4 Å². The topological polar surface area (TPSA) is 116 Å². The summed E-state index contributed by atoms with van der Waals surface area (Å²) in [5.41, 5.74) is 1.75. The predicted octanol–water partition coefficient (Wildman–Crippen LogP) is 1.70. The number of hydrogen-bond acceptors (Lipinski definition) is 5. The highest BCUT2D eigenvalue weighted by molar-refractivity contribution is 6.04. The van der Waals surface area contributed by atoms with E-state index in [2.05, 4.69) is 20.4 Å². The number of carbonyl (C=O) groups is 1. The van der Waals surface area contributed by atoms with Gasteiger partial charge in [-0.3, -0.25) is 14.6 Å². The number of nitrogens with one attached hydrogen (secondary N) is 2. The Hall–Kier alpha value is -3.73. The second-order valence-corrected chi connectivity index (χ2v) is 5.44. The fraction of sp³-hybridized carbons (Fsp3) is 0.118. The van der Waals surface area contributed by atoms with Gasteiger partial charge in [-0.1, -0.05) is 0 Å². The van der Waals surface area contributed by atoms with E-state index in [1.807, 2.05) is 6.07 Å². The molecule has 1 amide bonds. The third-order valence-corrected chi connectivity index (χ3v) is 3.41. The van der Waals surface area contributed by atoms with E-state index in [0.717, 1.165) is 0 Å². The van der Waals surface area contributed by atoms with Crippen LogP contribution in [-0.2, 0) is 0 Å². The van der Waals surface area contributed by atoms with Crippen molar-refractivity contribution in [1.29, 1.82) is 5.26 Å². The van der Waals surface area contributed by atoms with Crippen molar-refractivity contribution in [3.63, 3.8) is 0 Å². The summed E-state index contributed by atoms with van der Waals surface area (Å²) in [6.07, 6.45) is 0. The maximum absolute atomic E-state index is 12.4. The van der Waals surface area contributed by atoms with Crippen molar-refractivity contribution in [2.45, 2.75) is 13.8 Å². The monoisotopic (exact) mass is 334 g/mol. The lowest BCUT2D eigenvalue weighted by Crippen LogP contribution is -2.18. The molecule has 0 bridgehead atoms. The van der Waals surface area contributed by atoms with Gasteiger partial charge >= 0.3 is 0 Å². The third-order valence-electron chi connectivity index (χ3n) is 3.41. The number of benzene rings is 1. The van der Waals surface area contributed by atoms with Crippen molar-refractivity contribution in [2.75, 3.05) is 5.32 Å². The lowest BCUT2D eigenvalue weighted by molar-refractivity contribution is 0.102. The highest BCUT2D eigenvalue weighted by atomic mass is 16.1. The van der Waals surface area contributed by atoms with Crippen molar-refractivity contribution >= 4 is 11.7 Å². The van der Waals surface area contributed by atoms with Gasteiger partial charge in [0.05, 0.1) is 17.3 Å². The summed E-state index contributed by atoms with van der Waals surface area (Å²) in [6, 6.07) is 11.3. The van der Waals surface area contributed by atoms with Gasteiger partial charge in [0.1, 0.15) is 5.82 Å². The van der Waals surface area contributed by atoms with Gasteiger partial charge < -0.3 is 5.32 Å². The van der Waals surface area contributed by atoms with Gasteiger partial charge in [-0.25, -0.2) is 4.98 Å². The standard InChI is InChI=1S/C17H14N6O2/c1-10-8-15(24)21-17(19-10)23-14(7-11(2)22-23)20-16(25)13-5-3-12(9-18)4-6-13/h3-8H,1-2H3,(H,20,25)(H,19,21,24). The molecule has 3 aromatic rings. The van der Waals surface area contributed by atoms with Crippen LogP contribution in [0.15, 0.2) is 41.2 Å². The average molecular weight is 334 g/mol. The molecule has 124 valence electrons. The normalized spacial score (nSPS) is 10.3. The van der Waals surface area contributed by atoms with E-state index in [4.69, 9.17) is 5.26 Å². The lowest BCUT2D eigenvalue weighted by Gasteiger charge is -2.08. The zero-order chi connectivity index (χ0) is 18.0. The molecule has 1 aromatic carbocycles. The van der Waals surface area contributed by atoms with Crippen molar-refractivity contribution < 1.29 is 4.79 Å². The Morgan fingerprint density at radius 1 is 1.20 bits per heavy atom.